The predicted octanol–water partition coefficient (Wildman–Crippen LogP) is 1.34. The van der Waals surface area contributed by atoms with Crippen molar-refractivity contribution in [1.82, 2.24) is 4.90 Å². The van der Waals surface area contributed by atoms with Gasteiger partial charge in [0.15, 0.2) is 0 Å². The Bertz CT molecular complexity index is 350. The van der Waals surface area contributed by atoms with Crippen LogP contribution in [0.5, 0.6) is 0 Å². The highest BCUT2D eigenvalue weighted by Gasteiger charge is 2.33. The molecule has 1 aromatic carbocycles. The maximum absolute atomic E-state index is 11.3. The number of likely N-dealkylation sites (tertiary alicyclic amines) is 1. The molecule has 0 saturated carbocycles. The third-order valence-corrected chi connectivity index (χ3v) is 3.05. The van der Waals surface area contributed by atoms with Gasteiger partial charge in [-0.15, -0.1) is 0 Å². The van der Waals surface area contributed by atoms with Gasteiger partial charge in [0.05, 0.1) is 12.1 Å². The molecule has 1 heterocycles. The number of carbonyl (C=O) groups is 1. The summed E-state index contributed by atoms with van der Waals surface area (Å²) in [5, 5.41) is 10.1. The first-order valence-electron chi connectivity index (χ1n) is 5.19. The van der Waals surface area contributed by atoms with E-state index in [9.17, 15) is 9.90 Å². The standard InChI is InChI=1S/C12H15NO2/c1-13-10(7-8-11(13)14)12(15)9-5-3-2-4-6-9/h2-6,10,12,15H,7-8H2,1H3/t10-,12+/m1/s1. The molecule has 3 nitrogen and oxygen atoms in total. The molecule has 15 heavy (non-hydrogen) atoms. The summed E-state index contributed by atoms with van der Waals surface area (Å²) in [5.41, 5.74) is 0.879. The Hall–Kier alpha value is -1.35. The van der Waals surface area contributed by atoms with E-state index in [1.165, 1.54) is 0 Å². The molecule has 0 aliphatic carbocycles. The summed E-state index contributed by atoms with van der Waals surface area (Å²) in [4.78, 5) is 13.0. The predicted molar refractivity (Wildman–Crippen MR) is 57.2 cm³/mol. The van der Waals surface area contributed by atoms with Gasteiger partial charge in [-0.1, -0.05) is 30.3 Å². The monoisotopic (exact) mass is 205 g/mol. The molecule has 2 atom stereocenters. The zero-order valence-electron chi connectivity index (χ0n) is 8.76. The Kier molecular flexibility index (Phi) is 2.73. The Morgan fingerprint density at radius 2 is 2.07 bits per heavy atom. The molecule has 0 bridgehead atoms. The summed E-state index contributed by atoms with van der Waals surface area (Å²) in [6.45, 7) is 0. The van der Waals surface area contributed by atoms with Gasteiger partial charge >= 0.3 is 0 Å². The van der Waals surface area contributed by atoms with Crippen LogP contribution in [0.25, 0.3) is 0 Å². The average Bonchev–Trinajstić information content (AvgIpc) is 2.60. The second-order valence-corrected chi connectivity index (χ2v) is 3.97. The van der Waals surface area contributed by atoms with Crippen molar-refractivity contribution in [1.29, 1.82) is 0 Å². The Labute approximate surface area is 89.3 Å². The number of carbonyl (C=O) groups excluding carboxylic acids is 1. The van der Waals surface area contributed by atoms with Crippen molar-refractivity contribution in [3.05, 3.63) is 35.9 Å². The molecule has 1 N–H and O–H groups in total. The summed E-state index contributed by atoms with van der Waals surface area (Å²) < 4.78 is 0. The molecule has 0 radical (unpaired) electrons. The van der Waals surface area contributed by atoms with Crippen molar-refractivity contribution in [2.45, 2.75) is 25.0 Å². The molecule has 1 aromatic rings. The maximum atomic E-state index is 11.3. The molecular formula is C12H15NO2. The third-order valence-electron chi connectivity index (χ3n) is 3.05. The van der Waals surface area contributed by atoms with Crippen LogP contribution in [0.4, 0.5) is 0 Å². The quantitative estimate of drug-likeness (QED) is 0.791. The Balaban J connectivity index is 2.15. The van der Waals surface area contributed by atoms with Crippen molar-refractivity contribution < 1.29 is 9.90 Å². The average molecular weight is 205 g/mol. The van der Waals surface area contributed by atoms with Crippen molar-refractivity contribution in [3.63, 3.8) is 0 Å². The van der Waals surface area contributed by atoms with Crippen LogP contribution in [-0.2, 0) is 4.79 Å². The third kappa shape index (κ3) is 1.88. The van der Waals surface area contributed by atoms with Crippen LogP contribution in [0.1, 0.15) is 24.5 Å². The fraction of sp³-hybridized carbons (Fsp3) is 0.417. The molecule has 0 unspecified atom stereocenters. The van der Waals surface area contributed by atoms with E-state index >= 15 is 0 Å². The maximum Gasteiger partial charge on any atom is 0.222 e. The highest BCUT2D eigenvalue weighted by atomic mass is 16.3. The number of hydrogen-bond acceptors (Lipinski definition) is 2. The van der Waals surface area contributed by atoms with Crippen molar-refractivity contribution in [2.75, 3.05) is 7.05 Å². The number of aliphatic hydroxyl groups is 1. The summed E-state index contributed by atoms with van der Waals surface area (Å²) in [7, 11) is 1.76. The lowest BCUT2D eigenvalue weighted by molar-refractivity contribution is -0.128. The van der Waals surface area contributed by atoms with Gasteiger partial charge in [-0.3, -0.25) is 4.79 Å². The molecule has 1 saturated heterocycles. The van der Waals surface area contributed by atoms with Crippen LogP contribution in [-0.4, -0.2) is 29.0 Å². The minimum absolute atomic E-state index is 0.0695. The van der Waals surface area contributed by atoms with E-state index in [1.807, 2.05) is 30.3 Å². The van der Waals surface area contributed by atoms with Crippen molar-refractivity contribution >= 4 is 5.91 Å². The Morgan fingerprint density at radius 1 is 1.40 bits per heavy atom. The van der Waals surface area contributed by atoms with E-state index < -0.39 is 6.10 Å². The van der Waals surface area contributed by atoms with Crippen molar-refractivity contribution in [2.24, 2.45) is 0 Å². The van der Waals surface area contributed by atoms with Crippen LogP contribution >= 0.6 is 0 Å². The van der Waals surface area contributed by atoms with Crippen LogP contribution in [0.2, 0.25) is 0 Å². The molecule has 1 aliphatic heterocycles. The van der Waals surface area contributed by atoms with Crippen LogP contribution in [0.3, 0.4) is 0 Å². The van der Waals surface area contributed by atoms with E-state index in [0.29, 0.717) is 6.42 Å². The fourth-order valence-corrected chi connectivity index (χ4v) is 2.07. The zero-order valence-corrected chi connectivity index (χ0v) is 8.76. The zero-order chi connectivity index (χ0) is 10.8. The molecule has 3 heteroatoms. The molecule has 1 amide bonds. The second kappa shape index (κ2) is 4.03. The number of hydrogen-bond donors (Lipinski definition) is 1. The largest absolute Gasteiger partial charge is 0.386 e. The minimum atomic E-state index is -0.567. The first-order valence-corrected chi connectivity index (χ1v) is 5.19. The molecule has 2 rings (SSSR count). The lowest BCUT2D eigenvalue weighted by Crippen LogP contribution is -2.33. The van der Waals surface area contributed by atoms with Crippen LogP contribution < -0.4 is 0 Å². The SMILES string of the molecule is CN1C(=O)CC[C@@H]1[C@@H](O)c1ccccc1. The molecular weight excluding hydrogens is 190 g/mol. The number of benzene rings is 1. The molecule has 0 spiro atoms. The van der Waals surface area contributed by atoms with Gasteiger partial charge in [0.1, 0.15) is 0 Å². The molecule has 0 aromatic heterocycles. The van der Waals surface area contributed by atoms with E-state index in [1.54, 1.807) is 11.9 Å². The lowest BCUT2D eigenvalue weighted by atomic mass is 10.0. The van der Waals surface area contributed by atoms with E-state index in [-0.39, 0.29) is 11.9 Å². The van der Waals surface area contributed by atoms with Gasteiger partial charge in [-0.25, -0.2) is 0 Å². The number of amides is 1. The van der Waals surface area contributed by atoms with E-state index in [0.717, 1.165) is 12.0 Å². The summed E-state index contributed by atoms with van der Waals surface area (Å²) in [5.74, 6) is 0.120. The van der Waals surface area contributed by atoms with Gasteiger partial charge in [0.25, 0.3) is 0 Å². The lowest BCUT2D eigenvalue weighted by Gasteiger charge is -2.25. The number of aliphatic hydroxyl groups excluding tert-OH is 1. The highest BCUT2D eigenvalue weighted by molar-refractivity contribution is 5.78. The first-order chi connectivity index (χ1) is 7.20. The summed E-state index contributed by atoms with van der Waals surface area (Å²) in [6.07, 6.45) is 0.721. The topological polar surface area (TPSA) is 40.5 Å². The molecule has 1 fully saturated rings. The molecule has 80 valence electrons. The minimum Gasteiger partial charge on any atom is -0.386 e. The molecule has 1 aliphatic rings. The van der Waals surface area contributed by atoms with Gasteiger partial charge in [-0.2, -0.15) is 0 Å². The van der Waals surface area contributed by atoms with Gasteiger partial charge in [0.2, 0.25) is 5.91 Å². The second-order valence-electron chi connectivity index (χ2n) is 3.97. The van der Waals surface area contributed by atoms with E-state index in [2.05, 4.69) is 0 Å². The van der Waals surface area contributed by atoms with Crippen molar-refractivity contribution in [3.8, 4) is 0 Å². The Morgan fingerprint density at radius 3 is 2.60 bits per heavy atom. The number of nitrogens with zero attached hydrogens (tertiary/aromatic N) is 1. The number of rotatable bonds is 2. The van der Waals surface area contributed by atoms with Gasteiger partial charge < -0.3 is 10.0 Å². The fourth-order valence-electron chi connectivity index (χ4n) is 2.07. The highest BCUT2D eigenvalue weighted by Crippen LogP contribution is 2.28. The van der Waals surface area contributed by atoms with Crippen LogP contribution in [0.15, 0.2) is 30.3 Å². The smallest absolute Gasteiger partial charge is 0.222 e. The van der Waals surface area contributed by atoms with Gasteiger partial charge in [0, 0.05) is 13.5 Å². The van der Waals surface area contributed by atoms with Crippen LogP contribution in [0, 0.1) is 0 Å². The first kappa shape index (κ1) is 10.2. The summed E-state index contributed by atoms with van der Waals surface area (Å²) in [6, 6.07) is 9.42. The normalized spacial score (nSPS) is 23.2. The van der Waals surface area contributed by atoms with Gasteiger partial charge in [-0.05, 0) is 12.0 Å². The summed E-state index contributed by atoms with van der Waals surface area (Å²) >= 11 is 0. The van der Waals surface area contributed by atoms with E-state index in [4.69, 9.17) is 0 Å². The number of likely N-dealkylation sites (N-methyl/N-ethyl adjacent to an activating group) is 1.